The molecule has 0 bridgehead atoms. The van der Waals surface area contributed by atoms with Gasteiger partial charge in [-0.05, 0) is 507 Å². The first kappa shape index (κ1) is 188. The van der Waals surface area contributed by atoms with Crippen molar-refractivity contribution >= 4 is 145 Å². The Morgan fingerprint density at radius 3 is 0.0972 bits per heavy atom. The van der Waals surface area contributed by atoms with Gasteiger partial charge >= 0.3 is 44.4 Å². The molecule has 0 aromatic rings. The summed E-state index contributed by atoms with van der Waals surface area (Å²) in [7, 11) is 133. The van der Waals surface area contributed by atoms with Gasteiger partial charge in [0.1, 0.15) is 100 Å². The predicted octanol–water partition coefficient (Wildman–Crippen LogP) is 4.33. The van der Waals surface area contributed by atoms with E-state index in [4.69, 9.17) is 60.3 Å². The summed E-state index contributed by atoms with van der Waals surface area (Å²) in [6.07, 6.45) is 0. The summed E-state index contributed by atoms with van der Waals surface area (Å²) in [6.45, 7) is 0. The van der Waals surface area contributed by atoms with Gasteiger partial charge < -0.3 is 60.3 Å². The third-order valence-electron chi connectivity index (χ3n) is 12.9. The minimum Gasteiger partial charge on any atom is -0.398 e. The van der Waals surface area contributed by atoms with Gasteiger partial charge in [0.15, 0.2) is 0 Å². The fraction of sp³-hybridized carbons (Fsp3) is 1.00. The zero-order valence-corrected chi connectivity index (χ0v) is 115. The van der Waals surface area contributed by atoms with Gasteiger partial charge in [-0.25, -0.2) is 0 Å². The molecule has 0 saturated carbocycles. The fourth-order valence-electron chi connectivity index (χ4n) is 12.9. The van der Waals surface area contributed by atoms with E-state index in [2.05, 4.69) is 676 Å². The van der Waals surface area contributed by atoms with Crippen LogP contribution in [0.25, 0.3) is 0 Å². The summed E-state index contributed by atoms with van der Waals surface area (Å²) < 4.78 is 141. The summed E-state index contributed by atoms with van der Waals surface area (Å²) in [6, 6.07) is 0. The monoisotopic (exact) mass is 2340 g/mol. The van der Waals surface area contributed by atoms with Gasteiger partial charge in [-0.2, -0.15) is 0 Å². The molecule has 0 aliphatic carbocycles. The Kier molecular flexibility index (Phi) is 148. The first-order valence-electron chi connectivity index (χ1n) is 43.8. The van der Waals surface area contributed by atoms with Crippen molar-refractivity contribution in [3.63, 3.8) is 0 Å². The minimum absolute atomic E-state index is 0.238. The molecule has 72 heteroatoms. The number of hydrogen-bond donors (Lipinski definition) is 12. The molecular formula is C72H228B6F6N36O12P12. The average Bonchev–Trinajstić information content (AvgIpc) is 1.00. The molecule has 12 N–H and O–H groups in total. The lowest BCUT2D eigenvalue weighted by Gasteiger charge is -2.34. The topological polar surface area (TPSA) is 359 Å². The lowest BCUT2D eigenvalue weighted by Crippen LogP contribution is -2.25. The third kappa shape index (κ3) is 139. The lowest BCUT2D eigenvalue weighted by atomic mass is 10.3. The second-order valence-electron chi connectivity index (χ2n) is 35.6. The first-order chi connectivity index (χ1) is 64.0. The van der Waals surface area contributed by atoms with Gasteiger partial charge in [-0.15, -0.1) is 0 Å². The summed E-state index contributed by atoms with van der Waals surface area (Å²) in [5, 5.41) is 83.3. The van der Waals surface area contributed by atoms with Crippen molar-refractivity contribution < 1.29 is 86.2 Å². The van der Waals surface area contributed by atoms with E-state index in [-0.39, 0.29) is 100 Å². The Hall–Kier alpha value is 3.21. The summed E-state index contributed by atoms with van der Waals surface area (Å²) >= 11 is 0. The van der Waals surface area contributed by atoms with Gasteiger partial charge in [0, 0.05) is 0 Å². The molecule has 888 valence electrons. The van der Waals surface area contributed by atoms with Crippen molar-refractivity contribution in [1.29, 1.82) is 0 Å². The van der Waals surface area contributed by atoms with E-state index in [1.54, 1.807) is 0 Å². The summed E-state index contributed by atoms with van der Waals surface area (Å²) in [4.78, 5) is 0. The van der Waals surface area contributed by atoms with E-state index in [9.17, 15) is 25.9 Å². The number of hydrogen-bond acceptors (Lipinski definition) is 48. The van der Waals surface area contributed by atoms with Crippen LogP contribution in [0.4, 0.5) is 25.9 Å². The van der Waals surface area contributed by atoms with Crippen molar-refractivity contribution in [2.24, 2.45) is 0 Å². The van der Waals surface area contributed by atoms with Gasteiger partial charge in [-0.1, -0.05) is 0 Å². The molecule has 0 aromatic carbocycles. The van der Waals surface area contributed by atoms with E-state index in [0.717, 1.165) is 0 Å². The van der Waals surface area contributed by atoms with Crippen LogP contribution in [0.5, 0.6) is 0 Å². The van der Waals surface area contributed by atoms with Crippen LogP contribution in [-0.4, -0.2) is 780 Å². The van der Waals surface area contributed by atoms with Crippen molar-refractivity contribution in [2.75, 3.05) is 507 Å². The third-order valence-corrected chi connectivity index (χ3v) is 38.6. The summed E-state index contributed by atoms with van der Waals surface area (Å²) in [5.74, 6) is 0. The quantitative estimate of drug-likeness (QED) is 0.0236. The van der Waals surface area contributed by atoms with Crippen LogP contribution < -0.4 is 0 Å². The van der Waals surface area contributed by atoms with Crippen LogP contribution in [0.3, 0.4) is 0 Å². The highest BCUT2D eigenvalue weighted by atomic mass is 31.2. The maximum Gasteiger partial charge on any atom is 0.674 e. The van der Waals surface area contributed by atoms with E-state index in [1.165, 1.54) is 0 Å². The van der Waals surface area contributed by atoms with Crippen LogP contribution in [0.1, 0.15) is 0 Å². The van der Waals surface area contributed by atoms with Crippen LogP contribution in [0.2, 0.25) is 0 Å². The first-order valence-corrected chi connectivity index (χ1v) is 58.2. The Bertz CT molecular complexity index is 1770. The van der Waals surface area contributed by atoms with Gasteiger partial charge in [-0.3, -0.25) is 194 Å². The zero-order chi connectivity index (χ0) is 121. The highest BCUT2D eigenvalue weighted by molar-refractivity contribution is 7.53. The SMILES string of the molecule is CN(C)P(N(C)C)N(C)C.CN(C)P(N(C)C)N(C)C.CN(C)P(N(C)C)N(C)C.CN(C)P(N(C)C)N(C)C.CN(C)P(N(C)C)N(C)C.CN(C)P(N(C)C)N(C)C.CN(C)P(N(C)C)N(C)C.CN(C)P(N(C)C)N(C)C.CN(C)P(N(C)C)N(C)C.CN(C)P(N(C)C)N(C)C.CN(C)P(N(C)C)N(C)C.CN(C)P(N(C)C)N(C)C.OB(O)F.OB(O)F.OB(O)F.OB(O)F.OB(O)F.OB(O)F. The lowest BCUT2D eigenvalue weighted by molar-refractivity contribution is 0.338. The van der Waals surface area contributed by atoms with E-state index >= 15 is 0 Å². The van der Waals surface area contributed by atoms with Gasteiger partial charge in [0.2, 0.25) is 0 Å². The molecule has 0 amide bonds. The average molecular weight is 2340 g/mol. The van der Waals surface area contributed by atoms with Crippen LogP contribution in [0, 0.1) is 0 Å². The van der Waals surface area contributed by atoms with Crippen LogP contribution in [-0.2, 0) is 0 Å². The van der Waals surface area contributed by atoms with Gasteiger partial charge in [0.05, 0.1) is 0 Å². The van der Waals surface area contributed by atoms with E-state index in [0.29, 0.717) is 0 Å². The molecule has 0 heterocycles. The number of nitrogens with zero attached hydrogens (tertiary/aromatic N) is 36. The maximum atomic E-state index is 10.1. The molecule has 0 rings (SSSR count). The highest BCUT2D eigenvalue weighted by Gasteiger charge is 2.25. The molecule has 0 aliphatic heterocycles. The molecule has 0 fully saturated rings. The van der Waals surface area contributed by atoms with E-state index < -0.39 is 44.4 Å². The second kappa shape index (κ2) is 113. The fourth-order valence-corrected chi connectivity index (χ4v) is 38.6. The molecule has 0 atom stereocenters. The Morgan fingerprint density at radius 1 is 0.0833 bits per heavy atom. The molecule has 0 radical (unpaired) electrons. The Morgan fingerprint density at radius 2 is 0.0972 bits per heavy atom. The Labute approximate surface area is 901 Å². The van der Waals surface area contributed by atoms with Crippen molar-refractivity contribution in [2.45, 2.75) is 0 Å². The van der Waals surface area contributed by atoms with Crippen molar-refractivity contribution in [3.05, 3.63) is 0 Å². The van der Waals surface area contributed by atoms with Crippen LogP contribution >= 0.6 is 100 Å². The molecular weight excluding hydrogens is 2110 g/mol. The number of halogens is 6. The maximum absolute atomic E-state index is 10.1. The highest BCUT2D eigenvalue weighted by Crippen LogP contribution is 2.48. The van der Waals surface area contributed by atoms with E-state index in [1.807, 2.05) is 0 Å². The van der Waals surface area contributed by atoms with Gasteiger partial charge in [0.25, 0.3) is 0 Å². The second-order valence-corrected chi connectivity index (χ2v) is 70.8. The smallest absolute Gasteiger partial charge is 0.398 e. The standard InChI is InChI=1S/12C6H18N3P.6BFH2O2/c12*1-7(2)10(8(3)4)9(5)6;6*2-1(3)4/h12*1-6H3;6*3-4H. The molecule has 0 unspecified atom stereocenters. The molecule has 0 spiro atoms. The van der Waals surface area contributed by atoms with Crippen molar-refractivity contribution in [1.82, 2.24) is 168 Å². The summed E-state index contributed by atoms with van der Waals surface area (Å²) in [5.41, 5.74) is 0. The Balaban J connectivity index is -0.0000000736. The molecule has 0 aromatic heterocycles. The molecule has 0 saturated heterocycles. The largest absolute Gasteiger partial charge is 0.674 e. The van der Waals surface area contributed by atoms with Crippen molar-refractivity contribution in [3.8, 4) is 0 Å². The minimum atomic E-state index is -2.67. The predicted molar refractivity (Wildman–Crippen MR) is 644 cm³/mol. The van der Waals surface area contributed by atoms with Crippen LogP contribution in [0.15, 0.2) is 0 Å². The molecule has 0 aliphatic rings. The molecule has 144 heavy (non-hydrogen) atoms. The normalized spacial score (nSPS) is 11.6. The number of rotatable bonds is 36. The zero-order valence-electron chi connectivity index (χ0n) is 105. The molecule has 48 nitrogen and oxygen atoms in total.